The molecule has 1 aliphatic carbocycles. The van der Waals surface area contributed by atoms with Crippen LogP contribution < -0.4 is 0 Å². The number of rotatable bonds is 1. The average molecular weight is 315 g/mol. The summed E-state index contributed by atoms with van der Waals surface area (Å²) in [6.45, 7) is 0. The Balaban J connectivity index is 1.98. The second-order valence-corrected chi connectivity index (χ2v) is 5.40. The van der Waals surface area contributed by atoms with Gasteiger partial charge < -0.3 is 5.11 Å². The van der Waals surface area contributed by atoms with Crippen molar-refractivity contribution < 1.29 is 9.90 Å². The van der Waals surface area contributed by atoms with Gasteiger partial charge in [0.25, 0.3) is 0 Å². The van der Waals surface area contributed by atoms with Gasteiger partial charge in [-0.2, -0.15) is 0 Å². The summed E-state index contributed by atoms with van der Waals surface area (Å²) in [6.07, 6.45) is 2.56. The van der Waals surface area contributed by atoms with Crippen LogP contribution >= 0.6 is 15.9 Å². The molecule has 0 unspecified atom stereocenters. The maximum absolute atomic E-state index is 12.2. The number of phenols is 1. The van der Waals surface area contributed by atoms with Crippen LogP contribution in [0, 0.1) is 0 Å². The molecule has 0 atom stereocenters. The van der Waals surface area contributed by atoms with Gasteiger partial charge in [0, 0.05) is 17.6 Å². The highest BCUT2D eigenvalue weighted by Gasteiger charge is 2.23. The Hall–Kier alpha value is -1.87. The number of hydrogen-bond donors (Lipinski definition) is 1. The van der Waals surface area contributed by atoms with E-state index in [0.29, 0.717) is 10.9 Å². The predicted octanol–water partition coefficient (Wildman–Crippen LogP) is 3.98. The first-order valence-electron chi connectivity index (χ1n) is 5.97. The maximum Gasteiger partial charge on any atom is 0.189 e. The van der Waals surface area contributed by atoms with Crippen molar-refractivity contribution in [3.05, 3.63) is 69.2 Å². The summed E-state index contributed by atoms with van der Waals surface area (Å²) in [5.74, 6) is 0.294. The number of allylic oxidation sites excluding steroid dienone is 1. The summed E-state index contributed by atoms with van der Waals surface area (Å²) in [6, 6.07) is 12.9. The van der Waals surface area contributed by atoms with Crippen LogP contribution in [0.2, 0.25) is 0 Å². The zero-order valence-corrected chi connectivity index (χ0v) is 11.6. The number of aromatic hydroxyl groups is 1. The Morgan fingerprint density at radius 2 is 1.95 bits per heavy atom. The fraction of sp³-hybridized carbons (Fsp3) is 0.0625. The van der Waals surface area contributed by atoms with Crippen LogP contribution in [0.25, 0.3) is 6.08 Å². The van der Waals surface area contributed by atoms with Gasteiger partial charge in [-0.25, -0.2) is 0 Å². The molecule has 0 radical (unpaired) electrons. The molecule has 0 aromatic heterocycles. The van der Waals surface area contributed by atoms with Crippen LogP contribution in [0.4, 0.5) is 0 Å². The van der Waals surface area contributed by atoms with Crippen molar-refractivity contribution in [3.8, 4) is 5.75 Å². The van der Waals surface area contributed by atoms with Crippen LogP contribution in [-0.2, 0) is 6.42 Å². The normalized spacial score (nSPS) is 15.8. The molecule has 0 heterocycles. The quantitative estimate of drug-likeness (QED) is 0.808. The van der Waals surface area contributed by atoms with Crippen molar-refractivity contribution in [3.63, 3.8) is 0 Å². The van der Waals surface area contributed by atoms with Crippen molar-refractivity contribution in [1.82, 2.24) is 0 Å². The lowest BCUT2D eigenvalue weighted by Gasteiger charge is -2.00. The summed E-state index contributed by atoms with van der Waals surface area (Å²) in [5.41, 5.74) is 3.57. The van der Waals surface area contributed by atoms with Gasteiger partial charge in [0.2, 0.25) is 0 Å². The van der Waals surface area contributed by atoms with Crippen molar-refractivity contribution in [2.45, 2.75) is 6.42 Å². The highest BCUT2D eigenvalue weighted by Crippen LogP contribution is 2.29. The van der Waals surface area contributed by atoms with Crippen LogP contribution in [0.15, 0.2) is 52.5 Å². The third-order valence-corrected chi connectivity index (χ3v) is 3.88. The van der Waals surface area contributed by atoms with Crippen LogP contribution in [0.3, 0.4) is 0 Å². The molecule has 1 N–H and O–H groups in total. The second-order valence-electron chi connectivity index (χ2n) is 4.54. The highest BCUT2D eigenvalue weighted by atomic mass is 79.9. The topological polar surface area (TPSA) is 37.3 Å². The van der Waals surface area contributed by atoms with Crippen molar-refractivity contribution in [1.29, 1.82) is 0 Å². The molecule has 2 aromatic carbocycles. The molecule has 0 amide bonds. The van der Waals surface area contributed by atoms with Gasteiger partial charge in [0.15, 0.2) is 5.78 Å². The number of carbonyl (C=O) groups excluding carboxylic acids is 1. The molecule has 3 rings (SSSR count). The molecule has 0 saturated carbocycles. The fourth-order valence-electron chi connectivity index (χ4n) is 2.29. The predicted molar refractivity (Wildman–Crippen MR) is 78.3 cm³/mol. The number of halogens is 1. The molecule has 2 aromatic rings. The Morgan fingerprint density at radius 3 is 2.68 bits per heavy atom. The number of ketones is 1. The number of hydrogen-bond acceptors (Lipinski definition) is 2. The van der Waals surface area contributed by atoms with E-state index in [1.807, 2.05) is 30.3 Å². The summed E-state index contributed by atoms with van der Waals surface area (Å²) in [7, 11) is 0. The molecule has 1 aliphatic rings. The Kier molecular flexibility index (Phi) is 2.99. The minimum Gasteiger partial charge on any atom is -0.507 e. The van der Waals surface area contributed by atoms with E-state index in [0.717, 1.165) is 22.3 Å². The molecule has 94 valence electrons. The van der Waals surface area contributed by atoms with E-state index < -0.39 is 0 Å². The van der Waals surface area contributed by atoms with Gasteiger partial charge in [-0.3, -0.25) is 4.79 Å². The average Bonchev–Trinajstić information content (AvgIpc) is 2.72. The number of benzene rings is 2. The zero-order chi connectivity index (χ0) is 13.4. The van der Waals surface area contributed by atoms with Crippen molar-refractivity contribution >= 4 is 27.8 Å². The van der Waals surface area contributed by atoms with Gasteiger partial charge in [0.05, 0.1) is 4.47 Å². The number of carbonyl (C=O) groups is 1. The van der Waals surface area contributed by atoms with E-state index in [1.54, 1.807) is 18.2 Å². The summed E-state index contributed by atoms with van der Waals surface area (Å²) < 4.78 is 0.629. The molecule has 0 saturated heterocycles. The van der Waals surface area contributed by atoms with Gasteiger partial charge in [-0.05, 0) is 45.3 Å². The zero-order valence-electron chi connectivity index (χ0n) is 10.1. The van der Waals surface area contributed by atoms with Gasteiger partial charge in [-0.15, -0.1) is 0 Å². The lowest BCUT2D eigenvalue weighted by Crippen LogP contribution is -1.94. The number of Topliss-reactive ketones (excluding diaryl/α,β-unsaturated/α-hetero) is 1. The van der Waals surface area contributed by atoms with Gasteiger partial charge in [-0.1, -0.05) is 30.3 Å². The first-order chi connectivity index (χ1) is 9.15. The van der Waals surface area contributed by atoms with E-state index in [9.17, 15) is 9.90 Å². The van der Waals surface area contributed by atoms with E-state index in [-0.39, 0.29) is 11.5 Å². The standard InChI is InChI=1S/C16H11BrO2/c17-14-8-10(5-6-15(14)18)7-12-9-11-3-1-2-4-13(11)16(12)19/h1-8,18H,9H2. The third-order valence-electron chi connectivity index (χ3n) is 3.25. The minimum absolute atomic E-state index is 0.0970. The monoisotopic (exact) mass is 314 g/mol. The largest absolute Gasteiger partial charge is 0.507 e. The minimum atomic E-state index is 0.0970. The Morgan fingerprint density at radius 1 is 1.16 bits per heavy atom. The summed E-state index contributed by atoms with van der Waals surface area (Å²) in [5, 5.41) is 9.46. The molecule has 19 heavy (non-hydrogen) atoms. The highest BCUT2D eigenvalue weighted by molar-refractivity contribution is 9.10. The molecule has 0 spiro atoms. The first-order valence-corrected chi connectivity index (χ1v) is 6.76. The van der Waals surface area contributed by atoms with Crippen molar-refractivity contribution in [2.75, 3.05) is 0 Å². The molecule has 3 heteroatoms. The first kappa shape index (κ1) is 12.2. The lowest BCUT2D eigenvalue weighted by molar-refractivity contribution is 0.104. The molecular formula is C16H11BrO2. The molecule has 0 aliphatic heterocycles. The SMILES string of the molecule is O=C1C(=Cc2ccc(O)c(Br)c2)Cc2ccccc21. The third kappa shape index (κ3) is 2.22. The number of phenolic OH excluding ortho intramolecular Hbond substituents is 1. The summed E-state index contributed by atoms with van der Waals surface area (Å²) in [4.78, 5) is 12.2. The van der Waals surface area contributed by atoms with Crippen LogP contribution in [0.1, 0.15) is 21.5 Å². The second kappa shape index (κ2) is 4.67. The van der Waals surface area contributed by atoms with Gasteiger partial charge >= 0.3 is 0 Å². The van der Waals surface area contributed by atoms with Crippen molar-refractivity contribution in [2.24, 2.45) is 0 Å². The van der Waals surface area contributed by atoms with Gasteiger partial charge in [0.1, 0.15) is 5.75 Å². The van der Waals surface area contributed by atoms with E-state index >= 15 is 0 Å². The molecule has 2 nitrogen and oxygen atoms in total. The smallest absolute Gasteiger partial charge is 0.189 e. The fourth-order valence-corrected chi connectivity index (χ4v) is 2.68. The lowest BCUT2D eigenvalue weighted by atomic mass is 10.1. The van der Waals surface area contributed by atoms with Crippen LogP contribution in [0.5, 0.6) is 5.75 Å². The van der Waals surface area contributed by atoms with Crippen LogP contribution in [-0.4, -0.2) is 10.9 Å². The van der Waals surface area contributed by atoms with E-state index in [1.165, 1.54) is 0 Å². The molecular weight excluding hydrogens is 304 g/mol. The molecule has 0 fully saturated rings. The molecule has 0 bridgehead atoms. The van der Waals surface area contributed by atoms with E-state index in [4.69, 9.17) is 0 Å². The Labute approximate surface area is 119 Å². The number of fused-ring (bicyclic) bond motifs is 1. The maximum atomic E-state index is 12.2. The Bertz CT molecular complexity index is 702. The summed E-state index contributed by atoms with van der Waals surface area (Å²) >= 11 is 3.27. The van der Waals surface area contributed by atoms with E-state index in [2.05, 4.69) is 15.9 Å².